The van der Waals surface area contributed by atoms with Gasteiger partial charge in [0.05, 0.1) is 17.8 Å². The maximum Gasteiger partial charge on any atom is 0.327 e. The number of urea groups is 1. The summed E-state index contributed by atoms with van der Waals surface area (Å²) < 4.78 is 59.2. The number of fused-ring (bicyclic) bond motifs is 2. The number of imidazole rings is 2. The summed E-state index contributed by atoms with van der Waals surface area (Å²) in [5, 5.41) is 2.93. The zero-order valence-corrected chi connectivity index (χ0v) is 21.4. The van der Waals surface area contributed by atoms with Crippen LogP contribution in [0.25, 0.3) is 11.2 Å². The first-order chi connectivity index (χ1) is 19.3. The van der Waals surface area contributed by atoms with E-state index in [1.165, 1.54) is 16.7 Å². The van der Waals surface area contributed by atoms with Crippen molar-refractivity contribution in [1.82, 2.24) is 34.3 Å². The van der Waals surface area contributed by atoms with Crippen molar-refractivity contribution in [2.24, 2.45) is 0 Å². The molecular weight excluding hydrogens is 530 g/mol. The van der Waals surface area contributed by atoms with Crippen molar-refractivity contribution in [3.8, 4) is 0 Å². The van der Waals surface area contributed by atoms with Gasteiger partial charge in [-0.2, -0.15) is 0 Å². The predicted molar refractivity (Wildman–Crippen MR) is 137 cm³/mol. The first-order valence-corrected chi connectivity index (χ1v) is 13.2. The molecule has 0 unspecified atom stereocenters. The Hall–Kier alpha value is -4.16. The highest BCUT2D eigenvalue weighted by atomic mass is 19.3. The third-order valence-corrected chi connectivity index (χ3v) is 7.99. The van der Waals surface area contributed by atoms with Crippen LogP contribution in [0.15, 0.2) is 47.5 Å². The number of nitrogens with zero attached hydrogens (tertiary/aromatic N) is 5. The molecule has 0 bridgehead atoms. The topological polar surface area (TPSA) is 101 Å². The van der Waals surface area contributed by atoms with Crippen LogP contribution in [0, 0.1) is 11.6 Å². The van der Waals surface area contributed by atoms with E-state index >= 15 is 0 Å². The number of hydrogen-bond donors (Lipinski definition) is 2. The van der Waals surface area contributed by atoms with E-state index in [0.29, 0.717) is 49.9 Å². The third kappa shape index (κ3) is 4.62. The van der Waals surface area contributed by atoms with Gasteiger partial charge in [-0.15, -0.1) is 0 Å². The monoisotopic (exact) mass is 557 g/mol. The lowest BCUT2D eigenvalue weighted by molar-refractivity contribution is 0.140. The number of hydrogen-bond acceptors (Lipinski definition) is 4. The highest BCUT2D eigenvalue weighted by molar-refractivity contribution is 5.75. The van der Waals surface area contributed by atoms with Crippen LogP contribution in [0.2, 0.25) is 0 Å². The number of nitrogens with one attached hydrogen (secondary N) is 2. The van der Waals surface area contributed by atoms with E-state index in [9.17, 15) is 27.2 Å². The summed E-state index contributed by atoms with van der Waals surface area (Å²) in [7, 11) is 0. The van der Waals surface area contributed by atoms with Gasteiger partial charge in [0.25, 0.3) is 6.43 Å². The number of H-pyrrole nitrogens is 1. The SMILES string of the molecule is O=C(N[C@@H]1CC[C@@H](c2cccc(F)c2F)Cn2c(C(F)F)cnc21)N1CCC(n2c(=O)[nH]c3ncccc32)CC1. The predicted octanol–water partition coefficient (Wildman–Crippen LogP) is 4.80. The molecule has 2 N–H and O–H groups in total. The molecule has 2 aliphatic rings. The molecule has 5 heterocycles. The second kappa shape index (κ2) is 10.4. The number of alkyl halides is 2. The molecule has 0 aliphatic carbocycles. The summed E-state index contributed by atoms with van der Waals surface area (Å²) >= 11 is 0. The summed E-state index contributed by atoms with van der Waals surface area (Å²) in [6.07, 6.45) is 1.58. The molecule has 0 spiro atoms. The second-order valence-corrected chi connectivity index (χ2v) is 10.3. The molecule has 6 rings (SSSR count). The lowest BCUT2D eigenvalue weighted by Gasteiger charge is -2.33. The van der Waals surface area contributed by atoms with Crippen LogP contribution in [0.5, 0.6) is 0 Å². The average Bonchev–Trinajstić information content (AvgIpc) is 3.47. The Morgan fingerprint density at radius 1 is 1.05 bits per heavy atom. The molecular formula is C27H27F4N7O2. The van der Waals surface area contributed by atoms with Crippen molar-refractivity contribution in [1.29, 1.82) is 0 Å². The van der Waals surface area contributed by atoms with E-state index in [2.05, 4.69) is 20.3 Å². The molecule has 1 aromatic carbocycles. The number of rotatable bonds is 4. The first-order valence-electron chi connectivity index (χ1n) is 13.2. The standard InChI is InChI=1S/C27H27F4N7O2/c28-18-4-1-3-17(22(18)29)15-6-7-19(25-33-13-21(23(30)31)37(25)14-15)34-26(39)36-11-8-16(9-12-36)38-20-5-2-10-32-24(20)35-27(38)40/h1-5,10,13,15-16,19,23H,6-9,11-12,14H2,(H,34,39)(H,32,35,40)/t15-,19-/m1/s1. The van der Waals surface area contributed by atoms with Gasteiger partial charge in [0.2, 0.25) is 0 Å². The smallest absolute Gasteiger partial charge is 0.327 e. The van der Waals surface area contributed by atoms with Crippen molar-refractivity contribution in [3.63, 3.8) is 0 Å². The molecule has 9 nitrogen and oxygen atoms in total. The van der Waals surface area contributed by atoms with Gasteiger partial charge in [-0.25, -0.2) is 37.1 Å². The van der Waals surface area contributed by atoms with Crippen molar-refractivity contribution in [3.05, 3.63) is 81.9 Å². The van der Waals surface area contributed by atoms with Gasteiger partial charge in [0.1, 0.15) is 11.5 Å². The van der Waals surface area contributed by atoms with E-state index < -0.39 is 30.0 Å². The molecule has 210 valence electrons. The first kappa shape index (κ1) is 26.1. The van der Waals surface area contributed by atoms with Crippen LogP contribution in [0.4, 0.5) is 22.4 Å². The number of carbonyl (C=O) groups excluding carboxylic acids is 1. The fraction of sp³-hybridized carbons (Fsp3) is 0.407. The molecule has 2 amide bonds. The highest BCUT2D eigenvalue weighted by Crippen LogP contribution is 2.37. The van der Waals surface area contributed by atoms with Crippen LogP contribution in [0.1, 0.15) is 67.2 Å². The number of carbonyl (C=O) groups is 1. The van der Waals surface area contributed by atoms with Crippen LogP contribution in [-0.4, -0.2) is 48.1 Å². The fourth-order valence-corrected chi connectivity index (χ4v) is 5.98. The Balaban J connectivity index is 1.18. The Bertz CT molecular complexity index is 1610. The molecule has 40 heavy (non-hydrogen) atoms. The van der Waals surface area contributed by atoms with Crippen LogP contribution >= 0.6 is 0 Å². The summed E-state index contributed by atoms with van der Waals surface area (Å²) in [6, 6.07) is 6.27. The molecule has 1 fully saturated rings. The van der Waals surface area contributed by atoms with Gasteiger partial charge in [-0.1, -0.05) is 12.1 Å². The molecule has 2 atom stereocenters. The molecule has 3 aromatic heterocycles. The zero-order valence-electron chi connectivity index (χ0n) is 21.4. The molecule has 0 saturated carbocycles. The van der Waals surface area contributed by atoms with Gasteiger partial charge in [0, 0.05) is 37.8 Å². The molecule has 0 radical (unpaired) electrons. The lowest BCUT2D eigenvalue weighted by atomic mass is 9.93. The van der Waals surface area contributed by atoms with E-state index in [1.54, 1.807) is 21.7 Å². The Labute approximate surface area is 225 Å². The maximum atomic E-state index is 14.6. The molecule has 1 saturated heterocycles. The van der Waals surface area contributed by atoms with Crippen LogP contribution in [0.3, 0.4) is 0 Å². The minimum absolute atomic E-state index is 0.0125. The minimum Gasteiger partial charge on any atom is -0.328 e. The molecule has 13 heteroatoms. The number of amides is 2. The second-order valence-electron chi connectivity index (χ2n) is 10.3. The summed E-state index contributed by atoms with van der Waals surface area (Å²) in [5.41, 5.74) is 0.742. The quantitative estimate of drug-likeness (QED) is 0.352. The van der Waals surface area contributed by atoms with E-state index in [0.717, 1.165) is 12.3 Å². The van der Waals surface area contributed by atoms with E-state index in [-0.39, 0.29) is 41.4 Å². The van der Waals surface area contributed by atoms with E-state index in [4.69, 9.17) is 0 Å². The number of halogens is 4. The van der Waals surface area contributed by atoms with Crippen molar-refractivity contribution < 1.29 is 22.4 Å². The Morgan fingerprint density at radius 3 is 2.62 bits per heavy atom. The van der Waals surface area contributed by atoms with Crippen LogP contribution in [-0.2, 0) is 6.54 Å². The number of aromatic amines is 1. The van der Waals surface area contributed by atoms with Gasteiger partial charge < -0.3 is 14.8 Å². The van der Waals surface area contributed by atoms with Crippen LogP contribution < -0.4 is 11.0 Å². The van der Waals surface area contributed by atoms with Crippen molar-refractivity contribution in [2.45, 2.75) is 56.7 Å². The van der Waals surface area contributed by atoms with Gasteiger partial charge in [-0.3, -0.25) is 9.55 Å². The van der Waals surface area contributed by atoms with E-state index in [1.807, 2.05) is 6.07 Å². The Morgan fingerprint density at radius 2 is 1.85 bits per heavy atom. The average molecular weight is 558 g/mol. The summed E-state index contributed by atoms with van der Waals surface area (Å²) in [6.45, 7) is 0.758. The largest absolute Gasteiger partial charge is 0.328 e. The molecule has 4 aromatic rings. The number of aromatic nitrogens is 5. The Kier molecular flexibility index (Phi) is 6.80. The number of benzene rings is 1. The van der Waals surface area contributed by atoms with Gasteiger partial charge >= 0.3 is 11.7 Å². The van der Waals surface area contributed by atoms with Gasteiger partial charge in [-0.05, 0) is 49.4 Å². The summed E-state index contributed by atoms with van der Waals surface area (Å²) in [5.74, 6) is -2.32. The number of piperidine rings is 1. The number of pyridine rings is 1. The lowest BCUT2D eigenvalue weighted by Crippen LogP contribution is -2.46. The fourth-order valence-electron chi connectivity index (χ4n) is 5.98. The normalized spacial score (nSPS) is 20.1. The maximum absolute atomic E-state index is 14.6. The number of likely N-dealkylation sites (tertiary alicyclic amines) is 1. The van der Waals surface area contributed by atoms with Crippen molar-refractivity contribution >= 4 is 17.2 Å². The highest BCUT2D eigenvalue weighted by Gasteiger charge is 2.34. The van der Waals surface area contributed by atoms with Crippen molar-refractivity contribution in [2.75, 3.05) is 13.1 Å². The van der Waals surface area contributed by atoms with Gasteiger partial charge in [0.15, 0.2) is 17.3 Å². The summed E-state index contributed by atoms with van der Waals surface area (Å²) in [4.78, 5) is 38.6. The molecule has 2 aliphatic heterocycles. The minimum atomic E-state index is -2.82. The zero-order chi connectivity index (χ0) is 28.0. The third-order valence-electron chi connectivity index (χ3n) is 7.99.